The summed E-state index contributed by atoms with van der Waals surface area (Å²) in [6.07, 6.45) is 3.70. The smallest absolute Gasteiger partial charge is 0.231 e. The van der Waals surface area contributed by atoms with Gasteiger partial charge in [-0.2, -0.15) is 0 Å². The Kier molecular flexibility index (Phi) is 6.57. The molecule has 2 aromatic rings. The highest BCUT2D eigenvalue weighted by Gasteiger charge is 2.23. The van der Waals surface area contributed by atoms with Gasteiger partial charge in [-0.3, -0.25) is 0 Å². The molecule has 5 heteroatoms. The van der Waals surface area contributed by atoms with Crippen LogP contribution in [0.2, 0.25) is 0 Å². The van der Waals surface area contributed by atoms with Crippen LogP contribution >= 0.6 is 0 Å². The molecule has 0 N–H and O–H groups in total. The van der Waals surface area contributed by atoms with E-state index in [9.17, 15) is 0 Å². The fourth-order valence-electron chi connectivity index (χ4n) is 4.49. The second-order valence-corrected chi connectivity index (χ2v) is 8.25. The molecular formula is C24H32N2O3. The van der Waals surface area contributed by atoms with Gasteiger partial charge in [0.25, 0.3) is 0 Å². The topological polar surface area (TPSA) is 34.2 Å². The van der Waals surface area contributed by atoms with E-state index in [2.05, 4.69) is 53.2 Å². The first-order chi connectivity index (χ1) is 14.2. The number of piperidine rings is 1. The van der Waals surface area contributed by atoms with Gasteiger partial charge in [-0.1, -0.05) is 24.3 Å². The zero-order chi connectivity index (χ0) is 20.1. The monoisotopic (exact) mass is 396 g/mol. The minimum atomic E-state index is 0.335. The normalized spacial score (nSPS) is 18.9. The molecule has 1 atom stereocenters. The lowest BCUT2D eigenvalue weighted by Gasteiger charge is -2.35. The SMILES string of the molecule is COc1ccc(CCN2CCCC(CN(C)Cc3cccc4c3OCO4)C2)cc1. The summed E-state index contributed by atoms with van der Waals surface area (Å²) in [6.45, 7) is 5.88. The van der Waals surface area contributed by atoms with Crippen LogP contribution in [0, 0.1) is 5.92 Å². The maximum atomic E-state index is 5.66. The van der Waals surface area contributed by atoms with Crippen molar-refractivity contribution in [3.63, 3.8) is 0 Å². The summed E-state index contributed by atoms with van der Waals surface area (Å²) >= 11 is 0. The standard InChI is InChI=1S/C24H32N2O3/c1-25(17-21-6-3-7-23-24(21)29-18-28-23)15-20-5-4-13-26(16-20)14-12-19-8-10-22(27-2)11-9-19/h3,6-11,20H,4-5,12-18H2,1-2H3. The molecule has 4 rings (SSSR count). The molecule has 156 valence electrons. The molecule has 0 aromatic heterocycles. The Hall–Kier alpha value is -2.24. The Bertz CT molecular complexity index is 793. The summed E-state index contributed by atoms with van der Waals surface area (Å²) in [5, 5.41) is 0. The lowest BCUT2D eigenvalue weighted by Crippen LogP contribution is -2.40. The van der Waals surface area contributed by atoms with Crippen molar-refractivity contribution in [2.24, 2.45) is 5.92 Å². The summed E-state index contributed by atoms with van der Waals surface area (Å²) in [6, 6.07) is 14.6. The Balaban J connectivity index is 1.25. The highest BCUT2D eigenvalue weighted by atomic mass is 16.7. The van der Waals surface area contributed by atoms with E-state index >= 15 is 0 Å². The fourth-order valence-corrected chi connectivity index (χ4v) is 4.49. The van der Waals surface area contributed by atoms with Crippen LogP contribution in [0.1, 0.15) is 24.0 Å². The number of ether oxygens (including phenoxy) is 3. The average Bonchev–Trinajstić information content (AvgIpc) is 3.23. The maximum Gasteiger partial charge on any atom is 0.231 e. The molecule has 0 radical (unpaired) electrons. The minimum Gasteiger partial charge on any atom is -0.497 e. The van der Waals surface area contributed by atoms with E-state index in [-0.39, 0.29) is 0 Å². The number of likely N-dealkylation sites (tertiary alicyclic amines) is 1. The Morgan fingerprint density at radius 2 is 2.00 bits per heavy atom. The van der Waals surface area contributed by atoms with Crippen LogP contribution in [-0.2, 0) is 13.0 Å². The van der Waals surface area contributed by atoms with Crippen molar-refractivity contribution < 1.29 is 14.2 Å². The van der Waals surface area contributed by atoms with Gasteiger partial charge in [-0.25, -0.2) is 0 Å². The predicted molar refractivity (Wildman–Crippen MR) is 115 cm³/mol. The largest absolute Gasteiger partial charge is 0.497 e. The fraction of sp³-hybridized carbons (Fsp3) is 0.500. The van der Waals surface area contributed by atoms with Crippen molar-refractivity contribution in [3.05, 3.63) is 53.6 Å². The van der Waals surface area contributed by atoms with Gasteiger partial charge in [0.05, 0.1) is 7.11 Å². The van der Waals surface area contributed by atoms with Crippen molar-refractivity contribution in [1.29, 1.82) is 0 Å². The van der Waals surface area contributed by atoms with Gasteiger partial charge >= 0.3 is 0 Å². The molecular weight excluding hydrogens is 364 g/mol. The summed E-state index contributed by atoms with van der Waals surface area (Å²) in [5.74, 6) is 3.44. The zero-order valence-corrected chi connectivity index (χ0v) is 17.6. The molecule has 5 nitrogen and oxygen atoms in total. The van der Waals surface area contributed by atoms with Gasteiger partial charge in [0.1, 0.15) is 5.75 Å². The molecule has 1 saturated heterocycles. The third kappa shape index (κ3) is 5.22. The number of hydrogen-bond acceptors (Lipinski definition) is 5. The summed E-state index contributed by atoms with van der Waals surface area (Å²) in [7, 11) is 3.93. The first kappa shape index (κ1) is 20.0. The Labute approximate surface area is 174 Å². The van der Waals surface area contributed by atoms with E-state index in [1.54, 1.807) is 7.11 Å². The van der Waals surface area contributed by atoms with Crippen LogP contribution in [0.4, 0.5) is 0 Å². The van der Waals surface area contributed by atoms with E-state index in [0.29, 0.717) is 6.79 Å². The second-order valence-electron chi connectivity index (χ2n) is 8.25. The molecule has 0 aliphatic carbocycles. The van der Waals surface area contributed by atoms with E-state index in [0.717, 1.165) is 49.2 Å². The number of rotatable bonds is 8. The van der Waals surface area contributed by atoms with Crippen LogP contribution in [0.3, 0.4) is 0 Å². The molecule has 0 bridgehead atoms. The van der Waals surface area contributed by atoms with Crippen molar-refractivity contribution >= 4 is 0 Å². The Morgan fingerprint density at radius 3 is 2.83 bits per heavy atom. The molecule has 1 fully saturated rings. The number of nitrogens with zero attached hydrogens (tertiary/aromatic N) is 2. The number of fused-ring (bicyclic) bond motifs is 1. The summed E-state index contributed by atoms with van der Waals surface area (Å²) in [5.41, 5.74) is 2.60. The van der Waals surface area contributed by atoms with E-state index < -0.39 is 0 Å². The van der Waals surface area contributed by atoms with Gasteiger partial charge in [-0.15, -0.1) is 0 Å². The lowest BCUT2D eigenvalue weighted by atomic mass is 9.97. The van der Waals surface area contributed by atoms with E-state index in [1.165, 1.54) is 37.1 Å². The van der Waals surface area contributed by atoms with E-state index in [1.807, 2.05) is 6.07 Å². The molecule has 2 aliphatic rings. The number of hydrogen-bond donors (Lipinski definition) is 0. The summed E-state index contributed by atoms with van der Waals surface area (Å²) in [4.78, 5) is 5.05. The molecule has 29 heavy (non-hydrogen) atoms. The quantitative estimate of drug-likeness (QED) is 0.678. The maximum absolute atomic E-state index is 5.66. The molecule has 2 heterocycles. The van der Waals surface area contributed by atoms with Gasteiger partial charge in [0.15, 0.2) is 11.5 Å². The molecule has 0 amide bonds. The van der Waals surface area contributed by atoms with Crippen LogP contribution in [-0.4, -0.2) is 56.9 Å². The Morgan fingerprint density at radius 1 is 1.14 bits per heavy atom. The van der Waals surface area contributed by atoms with E-state index in [4.69, 9.17) is 14.2 Å². The second kappa shape index (κ2) is 9.51. The van der Waals surface area contributed by atoms with Crippen molar-refractivity contribution in [1.82, 2.24) is 9.80 Å². The highest BCUT2D eigenvalue weighted by molar-refractivity contribution is 5.48. The molecule has 0 spiro atoms. The number of methoxy groups -OCH3 is 1. The van der Waals surface area contributed by atoms with Crippen LogP contribution < -0.4 is 14.2 Å². The molecule has 1 unspecified atom stereocenters. The first-order valence-corrected chi connectivity index (χ1v) is 10.6. The van der Waals surface area contributed by atoms with Crippen LogP contribution in [0.15, 0.2) is 42.5 Å². The molecule has 2 aromatic carbocycles. The minimum absolute atomic E-state index is 0.335. The lowest BCUT2D eigenvalue weighted by molar-refractivity contribution is 0.141. The van der Waals surface area contributed by atoms with Crippen molar-refractivity contribution in [2.45, 2.75) is 25.8 Å². The van der Waals surface area contributed by atoms with Gasteiger partial charge in [0.2, 0.25) is 6.79 Å². The van der Waals surface area contributed by atoms with Gasteiger partial charge < -0.3 is 24.0 Å². The van der Waals surface area contributed by atoms with Gasteiger partial charge in [-0.05, 0) is 62.5 Å². The predicted octanol–water partition coefficient (Wildman–Crippen LogP) is 3.81. The molecule has 0 saturated carbocycles. The van der Waals surface area contributed by atoms with Crippen LogP contribution in [0.5, 0.6) is 17.2 Å². The third-order valence-electron chi connectivity index (χ3n) is 5.97. The van der Waals surface area contributed by atoms with Crippen molar-refractivity contribution in [2.75, 3.05) is 47.1 Å². The van der Waals surface area contributed by atoms with Crippen LogP contribution in [0.25, 0.3) is 0 Å². The summed E-state index contributed by atoms with van der Waals surface area (Å²) < 4.78 is 16.4. The van der Waals surface area contributed by atoms with Gasteiger partial charge in [0, 0.05) is 31.7 Å². The first-order valence-electron chi connectivity index (χ1n) is 10.6. The number of para-hydroxylation sites is 1. The van der Waals surface area contributed by atoms with Crippen molar-refractivity contribution in [3.8, 4) is 17.2 Å². The number of benzene rings is 2. The zero-order valence-electron chi connectivity index (χ0n) is 17.6. The molecule has 2 aliphatic heterocycles. The third-order valence-corrected chi connectivity index (χ3v) is 5.97. The average molecular weight is 397 g/mol. The highest BCUT2D eigenvalue weighted by Crippen LogP contribution is 2.36.